The first kappa shape index (κ1) is 10.1. The number of hydrogen-bond donors (Lipinski definition) is 3. The van der Waals surface area contributed by atoms with Crippen LogP contribution in [0.4, 0.5) is 0 Å². The van der Waals surface area contributed by atoms with E-state index in [2.05, 4.69) is 17.9 Å². The predicted molar refractivity (Wildman–Crippen MR) is 48.4 cm³/mol. The minimum atomic E-state index is -0.343. The van der Waals surface area contributed by atoms with Gasteiger partial charge in [-0.2, -0.15) is 12.6 Å². The normalized spacial score (nSPS) is 13.0. The molecule has 60 valence electrons. The van der Waals surface area contributed by atoms with E-state index in [1.807, 2.05) is 6.26 Å². The molecule has 0 saturated heterocycles. The van der Waals surface area contributed by atoms with Crippen molar-refractivity contribution in [2.45, 2.75) is 6.04 Å². The topological polar surface area (TPSA) is 55.1 Å². The molecule has 0 spiro atoms. The highest BCUT2D eigenvalue weighted by atomic mass is 32.2. The summed E-state index contributed by atoms with van der Waals surface area (Å²) < 4.78 is 0. The Balaban J connectivity index is 3.50. The molecule has 3 N–H and O–H groups in total. The van der Waals surface area contributed by atoms with Crippen molar-refractivity contribution in [2.75, 3.05) is 17.9 Å². The van der Waals surface area contributed by atoms with Gasteiger partial charge in [0.25, 0.3) is 0 Å². The molecule has 0 aromatic heterocycles. The van der Waals surface area contributed by atoms with Gasteiger partial charge in [-0.1, -0.05) is 0 Å². The molecule has 0 saturated carbocycles. The third-order valence-electron chi connectivity index (χ3n) is 1.00. The average molecular weight is 180 g/mol. The maximum atomic E-state index is 10.5. The molecule has 0 unspecified atom stereocenters. The molecule has 0 aromatic carbocycles. The molecule has 0 bridgehead atoms. The minimum Gasteiger partial charge on any atom is -0.368 e. The number of amides is 1. The van der Waals surface area contributed by atoms with E-state index in [0.29, 0.717) is 5.75 Å². The van der Waals surface area contributed by atoms with Crippen LogP contribution in [0.25, 0.3) is 0 Å². The molecular weight excluding hydrogens is 168 g/mol. The summed E-state index contributed by atoms with van der Waals surface area (Å²) in [7, 11) is 0. The Hall–Kier alpha value is 0.130. The smallest absolute Gasteiger partial charge is 0.235 e. The third kappa shape index (κ3) is 4.03. The molecule has 0 aromatic rings. The van der Waals surface area contributed by atoms with Crippen molar-refractivity contribution in [1.29, 1.82) is 0 Å². The van der Waals surface area contributed by atoms with Gasteiger partial charge in [0, 0.05) is 11.6 Å². The van der Waals surface area contributed by atoms with Gasteiger partial charge in [-0.3, -0.25) is 10.1 Å². The maximum absolute atomic E-state index is 10.5. The van der Waals surface area contributed by atoms with Crippen molar-refractivity contribution in [3.63, 3.8) is 0 Å². The number of carbonyl (C=O) groups is 1. The summed E-state index contributed by atoms with van der Waals surface area (Å²) in [6, 6.07) is -0.296. The summed E-state index contributed by atoms with van der Waals surface area (Å²) in [4.78, 5) is 10.5. The number of nitrogens with one attached hydrogen (secondary N) is 1. The summed E-state index contributed by atoms with van der Waals surface area (Å²) in [5.41, 5.74) is 5.03. The van der Waals surface area contributed by atoms with Gasteiger partial charge in [-0.05, 0) is 6.26 Å². The Labute approximate surface area is 70.5 Å². The van der Waals surface area contributed by atoms with Crippen molar-refractivity contribution >= 4 is 30.3 Å². The van der Waals surface area contributed by atoms with Crippen molar-refractivity contribution in [3.05, 3.63) is 0 Å². The van der Waals surface area contributed by atoms with Crippen LogP contribution in [0.5, 0.6) is 0 Å². The van der Waals surface area contributed by atoms with Crippen molar-refractivity contribution < 1.29 is 4.79 Å². The zero-order valence-electron chi connectivity index (χ0n) is 5.83. The van der Waals surface area contributed by atoms with E-state index >= 15 is 0 Å². The number of nitrogens with two attached hydrogens (primary N) is 1. The fraction of sp³-hybridized carbons (Fsp3) is 0.800. The fourth-order valence-corrected chi connectivity index (χ4v) is 1.12. The first-order valence-corrected chi connectivity index (χ1v) is 4.87. The average Bonchev–Trinajstić information content (AvgIpc) is 1.89. The lowest BCUT2D eigenvalue weighted by Crippen LogP contribution is -2.42. The molecule has 0 aliphatic rings. The van der Waals surface area contributed by atoms with E-state index in [1.54, 1.807) is 11.8 Å². The molecule has 3 nitrogen and oxygen atoms in total. The van der Waals surface area contributed by atoms with E-state index in [4.69, 9.17) is 5.73 Å². The van der Waals surface area contributed by atoms with Crippen molar-refractivity contribution in [2.24, 2.45) is 5.73 Å². The molecular formula is C5H12N2OS2. The van der Waals surface area contributed by atoms with Crippen LogP contribution < -0.4 is 11.1 Å². The van der Waals surface area contributed by atoms with Gasteiger partial charge in [0.05, 0.1) is 6.04 Å². The zero-order chi connectivity index (χ0) is 7.98. The van der Waals surface area contributed by atoms with Crippen molar-refractivity contribution in [3.8, 4) is 0 Å². The van der Waals surface area contributed by atoms with E-state index < -0.39 is 0 Å². The summed E-state index contributed by atoms with van der Waals surface area (Å²) >= 11 is 5.57. The molecule has 10 heavy (non-hydrogen) atoms. The van der Waals surface area contributed by atoms with E-state index in [-0.39, 0.29) is 11.9 Å². The van der Waals surface area contributed by atoms with Gasteiger partial charge in [0.1, 0.15) is 0 Å². The van der Waals surface area contributed by atoms with Gasteiger partial charge >= 0.3 is 0 Å². The summed E-state index contributed by atoms with van der Waals surface area (Å²) in [6.07, 6.45) is 1.95. The SMILES string of the molecule is CSCN[C@@H](CS)C(N)=O. The van der Waals surface area contributed by atoms with Crippen LogP contribution in [0.2, 0.25) is 0 Å². The molecule has 0 heterocycles. The molecule has 0 rings (SSSR count). The van der Waals surface area contributed by atoms with E-state index in [9.17, 15) is 4.79 Å². The summed E-state index contributed by atoms with van der Waals surface area (Å²) in [5, 5.41) is 2.93. The largest absolute Gasteiger partial charge is 0.368 e. The molecule has 0 aliphatic heterocycles. The van der Waals surface area contributed by atoms with Gasteiger partial charge < -0.3 is 5.73 Å². The highest BCUT2D eigenvalue weighted by molar-refractivity contribution is 7.98. The highest BCUT2D eigenvalue weighted by Crippen LogP contribution is 1.91. The molecule has 0 fully saturated rings. The van der Waals surface area contributed by atoms with Crippen LogP contribution >= 0.6 is 24.4 Å². The lowest BCUT2D eigenvalue weighted by molar-refractivity contribution is -0.119. The maximum Gasteiger partial charge on any atom is 0.235 e. The van der Waals surface area contributed by atoms with Crippen LogP contribution in [0, 0.1) is 0 Å². The fourth-order valence-electron chi connectivity index (χ4n) is 0.439. The third-order valence-corrected chi connectivity index (χ3v) is 1.82. The number of hydrogen-bond acceptors (Lipinski definition) is 4. The Morgan fingerprint density at radius 3 is 2.80 bits per heavy atom. The number of thioether (sulfide) groups is 1. The van der Waals surface area contributed by atoms with Crippen LogP contribution in [-0.2, 0) is 4.79 Å². The van der Waals surface area contributed by atoms with Crippen molar-refractivity contribution in [1.82, 2.24) is 5.32 Å². The summed E-state index contributed by atoms with van der Waals surface area (Å²) in [5.74, 6) is 0.841. The standard InChI is InChI=1S/C5H12N2OS2/c1-10-3-7-4(2-9)5(6)8/h4,7,9H,2-3H2,1H3,(H2,6,8)/t4-/m0/s1. The quantitative estimate of drug-likeness (QED) is 0.401. The number of rotatable bonds is 5. The van der Waals surface area contributed by atoms with Gasteiger partial charge in [-0.25, -0.2) is 0 Å². The Kier molecular flexibility index (Phi) is 5.96. The first-order valence-electron chi connectivity index (χ1n) is 2.85. The zero-order valence-corrected chi connectivity index (χ0v) is 7.54. The van der Waals surface area contributed by atoms with Crippen LogP contribution in [0.15, 0.2) is 0 Å². The molecule has 1 atom stereocenters. The van der Waals surface area contributed by atoms with Gasteiger partial charge in [-0.15, -0.1) is 11.8 Å². The summed E-state index contributed by atoms with van der Waals surface area (Å²) in [6.45, 7) is 0. The monoisotopic (exact) mass is 180 g/mol. The first-order chi connectivity index (χ1) is 4.72. The lowest BCUT2D eigenvalue weighted by atomic mass is 10.3. The van der Waals surface area contributed by atoms with E-state index in [0.717, 1.165) is 5.88 Å². The number of carbonyl (C=O) groups excluding carboxylic acids is 1. The van der Waals surface area contributed by atoms with Gasteiger partial charge in [0.2, 0.25) is 5.91 Å². The van der Waals surface area contributed by atoms with Crippen LogP contribution in [-0.4, -0.2) is 29.8 Å². The van der Waals surface area contributed by atoms with Crippen LogP contribution in [0.3, 0.4) is 0 Å². The minimum absolute atomic E-state index is 0.296. The second-order valence-corrected chi connectivity index (χ2v) is 3.01. The second-order valence-electron chi connectivity index (χ2n) is 1.77. The second kappa shape index (κ2) is 5.88. The van der Waals surface area contributed by atoms with E-state index in [1.165, 1.54) is 0 Å². The highest BCUT2D eigenvalue weighted by Gasteiger charge is 2.10. The predicted octanol–water partition coefficient (Wildman–Crippen LogP) is -0.320. The Bertz CT molecular complexity index is 110. The Morgan fingerprint density at radius 2 is 2.50 bits per heavy atom. The molecule has 5 heteroatoms. The number of thiol groups is 1. The van der Waals surface area contributed by atoms with Gasteiger partial charge in [0.15, 0.2) is 0 Å². The number of primary amides is 1. The molecule has 0 radical (unpaired) electrons. The molecule has 1 amide bonds. The van der Waals surface area contributed by atoms with Crippen LogP contribution in [0.1, 0.15) is 0 Å². The Morgan fingerprint density at radius 1 is 1.90 bits per heavy atom. The molecule has 0 aliphatic carbocycles. The lowest BCUT2D eigenvalue weighted by Gasteiger charge is -2.10.